The van der Waals surface area contributed by atoms with Crippen LogP contribution in [-0.2, 0) is 61.0 Å². The Kier molecular flexibility index (Phi) is 27.1. The van der Waals surface area contributed by atoms with Gasteiger partial charge in [-0.25, -0.2) is 28.8 Å². The zero-order chi connectivity index (χ0) is 78.3. The van der Waals surface area contributed by atoms with Gasteiger partial charge in [0.05, 0.1) is 35.3 Å². The van der Waals surface area contributed by atoms with Gasteiger partial charge in [0.15, 0.2) is 0 Å². The summed E-state index contributed by atoms with van der Waals surface area (Å²) in [5.74, 6) is -8.46. The molecule has 4 aromatic rings. The van der Waals surface area contributed by atoms with Gasteiger partial charge in [0.25, 0.3) is 0 Å². The quantitative estimate of drug-likeness (QED) is 0.0224. The van der Waals surface area contributed by atoms with E-state index < -0.39 is 165 Å². The fraction of sp³-hybridized carbons (Fsp3) is 0.500. The lowest BCUT2D eigenvalue weighted by molar-refractivity contribution is -0.783. The Balaban J connectivity index is 0.908. The van der Waals surface area contributed by atoms with E-state index in [2.05, 4.69) is 31.9 Å². The number of imide groups is 2. The third kappa shape index (κ3) is 18.5. The van der Waals surface area contributed by atoms with Crippen LogP contribution in [0.5, 0.6) is 11.5 Å². The summed E-state index contributed by atoms with van der Waals surface area (Å²) in [6, 6.07) is 15.5. The molecule has 0 spiro atoms. The number of phenolic OH excluding ortho intramolecular Hbond substituents is 2. The molecule has 2 unspecified atom stereocenters. The van der Waals surface area contributed by atoms with E-state index in [4.69, 9.17) is 20.9 Å². The number of hydrogen-bond acceptors (Lipinski definition) is 20. The minimum absolute atomic E-state index is 0.00462. The predicted molar refractivity (Wildman–Crippen MR) is 392 cm³/mol. The number of amides is 14. The van der Waals surface area contributed by atoms with E-state index in [0.717, 1.165) is 21.9 Å². The van der Waals surface area contributed by atoms with Crippen LogP contribution in [0.1, 0.15) is 149 Å². The number of fused-ring (bicyclic) bond motifs is 2. The summed E-state index contributed by atoms with van der Waals surface area (Å²) < 4.78 is 10.2. The molecule has 12 N–H and O–H groups in total. The van der Waals surface area contributed by atoms with Gasteiger partial charge in [0, 0.05) is 76.3 Å². The molecule has 1 aliphatic carbocycles. The number of carbonyl (C=O) groups excluding carboxylic acids is 14. The summed E-state index contributed by atoms with van der Waals surface area (Å²) >= 11 is 0. The van der Waals surface area contributed by atoms with Gasteiger partial charge in [0.1, 0.15) is 87.1 Å². The van der Waals surface area contributed by atoms with Gasteiger partial charge in [0.2, 0.25) is 47.0 Å². The molecular formula is C76H100N14O18+2. The van der Waals surface area contributed by atoms with Crippen molar-refractivity contribution >= 4 is 94.4 Å². The highest BCUT2D eigenvalue weighted by Crippen LogP contribution is 2.43. The Labute approximate surface area is 626 Å². The second-order valence-electron chi connectivity index (χ2n) is 29.1. The highest BCUT2D eigenvalue weighted by Gasteiger charge is 2.53. The van der Waals surface area contributed by atoms with Gasteiger partial charge in [-0.05, 0) is 99.6 Å². The van der Waals surface area contributed by atoms with Gasteiger partial charge in [-0.1, -0.05) is 88.4 Å². The van der Waals surface area contributed by atoms with E-state index in [1.54, 1.807) is 74.5 Å². The molecule has 4 aliphatic heterocycles. The summed E-state index contributed by atoms with van der Waals surface area (Å²) in [6.07, 6.45) is 1.92. The molecule has 14 amide bonds. The monoisotopic (exact) mass is 1500 g/mol. The van der Waals surface area contributed by atoms with Crippen LogP contribution in [0.25, 0.3) is 0 Å². The van der Waals surface area contributed by atoms with Crippen molar-refractivity contribution in [3.05, 3.63) is 118 Å². The normalized spacial score (nSPS) is 20.5. The van der Waals surface area contributed by atoms with Crippen LogP contribution in [0, 0.1) is 11.8 Å². The van der Waals surface area contributed by atoms with Gasteiger partial charge in [-0.2, -0.15) is 8.97 Å². The SMILES string of the molecule is CC(C)C[C@H](NC(=O)[C@@H]1CCCN1C(=O)CN(CCNc1ccc(NCCN(CC(=O)N2CCC[C@H]2C(=O)N[C@@H](CC(C)C)C(=O)NCC(=O)[N+]2(C(N)=O)CCC[C@H]2C)C(=O)OCc2ccccc2)c2c1C(=O)c1c(O)ccc(O)c1C2=O)C(=O)OCc1ccccc1)C(=O)NCC(=O)[N+]1(C(N)=O)CCC[C@H]1C. The average Bonchev–Trinajstić information content (AvgIpc) is 0.768. The van der Waals surface area contributed by atoms with Crippen LogP contribution in [0.3, 0.4) is 0 Å². The van der Waals surface area contributed by atoms with Crippen molar-refractivity contribution in [3.8, 4) is 11.5 Å². The third-order valence-corrected chi connectivity index (χ3v) is 21.0. The number of phenols is 2. The number of nitrogens with two attached hydrogens (primary N) is 2. The maximum absolute atomic E-state index is 14.9. The van der Waals surface area contributed by atoms with Crippen LogP contribution in [0.2, 0.25) is 0 Å². The number of urea groups is 2. The predicted octanol–water partition coefficient (Wildman–Crippen LogP) is 4.46. The maximum Gasteiger partial charge on any atom is 0.421 e. The number of aromatic hydroxyl groups is 2. The van der Waals surface area contributed by atoms with E-state index in [9.17, 15) is 77.3 Å². The fourth-order valence-corrected chi connectivity index (χ4v) is 15.2. The number of anilines is 2. The minimum Gasteiger partial charge on any atom is -0.507 e. The van der Waals surface area contributed by atoms with Gasteiger partial charge >= 0.3 is 36.1 Å². The van der Waals surface area contributed by atoms with Gasteiger partial charge in [-0.15, -0.1) is 0 Å². The molecule has 9 rings (SSSR count). The maximum atomic E-state index is 14.9. The number of benzene rings is 4. The molecule has 0 bridgehead atoms. The highest BCUT2D eigenvalue weighted by molar-refractivity contribution is 6.33. The van der Waals surface area contributed by atoms with Crippen molar-refractivity contribution in [1.82, 2.24) is 40.9 Å². The lowest BCUT2D eigenvalue weighted by Gasteiger charge is -2.31. The second kappa shape index (κ2) is 36.0. The Morgan fingerprint density at radius 1 is 0.519 bits per heavy atom. The smallest absolute Gasteiger partial charge is 0.421 e. The van der Waals surface area contributed by atoms with E-state index >= 15 is 0 Å². The van der Waals surface area contributed by atoms with Crippen molar-refractivity contribution in [2.45, 2.75) is 155 Å². The molecular weight excluding hydrogens is 1400 g/mol. The van der Waals surface area contributed by atoms with Crippen LogP contribution in [-0.4, -0.2) is 237 Å². The van der Waals surface area contributed by atoms with Crippen LogP contribution in [0.15, 0.2) is 84.9 Å². The number of carbonyl (C=O) groups is 14. The molecule has 4 aromatic carbocycles. The molecule has 0 aromatic heterocycles. The van der Waals surface area contributed by atoms with Gasteiger partial charge < -0.3 is 72.9 Å². The molecule has 0 saturated carbocycles. The van der Waals surface area contributed by atoms with Crippen LogP contribution >= 0.6 is 0 Å². The third-order valence-electron chi connectivity index (χ3n) is 21.0. The number of hydrogen-bond donors (Lipinski definition) is 10. The fourth-order valence-electron chi connectivity index (χ4n) is 15.2. The number of likely N-dealkylation sites (tertiary alicyclic amines) is 4. The van der Waals surface area contributed by atoms with E-state index in [1.165, 1.54) is 21.9 Å². The first-order chi connectivity index (χ1) is 51.5. The van der Waals surface area contributed by atoms with Crippen molar-refractivity contribution in [3.63, 3.8) is 0 Å². The first-order valence-electron chi connectivity index (χ1n) is 36.9. The number of primary amides is 2. The zero-order valence-corrected chi connectivity index (χ0v) is 61.9. The molecule has 108 heavy (non-hydrogen) atoms. The van der Waals surface area contributed by atoms with Crippen LogP contribution < -0.4 is 43.4 Å². The Bertz CT molecular complexity index is 3830. The summed E-state index contributed by atoms with van der Waals surface area (Å²) in [6.45, 7) is 7.67. The first kappa shape index (κ1) is 81.1. The number of quaternary nitrogens is 2. The molecule has 8 atom stereocenters. The molecule has 4 saturated heterocycles. The largest absolute Gasteiger partial charge is 0.507 e. The topological polar surface area (TPSA) is 435 Å². The minimum atomic E-state index is -1.15. The number of ether oxygens (including phenoxy) is 2. The molecule has 32 heteroatoms. The molecule has 0 radical (unpaired) electrons. The number of nitrogens with zero attached hydrogens (tertiary/aromatic N) is 6. The lowest BCUT2D eigenvalue weighted by atomic mass is 9.81. The Morgan fingerprint density at radius 2 is 0.889 bits per heavy atom. The Hall–Kier alpha value is -11.0. The van der Waals surface area contributed by atoms with Crippen molar-refractivity contribution in [1.29, 1.82) is 0 Å². The second-order valence-corrected chi connectivity index (χ2v) is 29.1. The summed E-state index contributed by atoms with van der Waals surface area (Å²) in [5.41, 5.74) is 11.1. The van der Waals surface area contributed by atoms with Gasteiger partial charge in [-0.3, -0.25) is 48.2 Å². The summed E-state index contributed by atoms with van der Waals surface area (Å²) in [4.78, 5) is 200. The number of nitrogens with one attached hydrogen (secondary N) is 6. The Morgan fingerprint density at radius 3 is 1.22 bits per heavy atom. The van der Waals surface area contributed by atoms with E-state index in [0.29, 0.717) is 49.7 Å². The molecule has 4 fully saturated rings. The summed E-state index contributed by atoms with van der Waals surface area (Å²) in [5, 5.41) is 39.3. The van der Waals surface area contributed by atoms with Crippen molar-refractivity contribution < 1.29 is 95.8 Å². The average molecular weight is 1500 g/mol. The molecule has 32 nitrogen and oxygen atoms in total. The zero-order valence-electron chi connectivity index (χ0n) is 61.9. The molecule has 5 aliphatic rings. The van der Waals surface area contributed by atoms with E-state index in [-0.39, 0.29) is 138 Å². The van der Waals surface area contributed by atoms with E-state index in [1.807, 2.05) is 27.7 Å². The van der Waals surface area contributed by atoms with Crippen molar-refractivity contribution in [2.24, 2.45) is 23.3 Å². The standard InChI is InChI=1S/C76H98N14O18/c1-45(2)37-53(69(99)81-39-61(95)89(73(77)103)35-15-17-47(89)5)83-71(101)55-23-13-31-87(55)59(93)41-85(75(105)107-43-49-19-9-7-10-20-49)33-29-79-51-25-26-52(64-63(51)67(97)65-57(91)27-28-58(92)66(65)68(64)98)80-30-34-86(76(106)108-44-50-21-11-8-12-22-50)42-60(94)88-32-14-24-56(88)72(102)84-54(38-46(3)4)70(100)82-40-62(96)90(74(78)104)36-16-18-48(90)6/h7-12,19-22,25-28,45-48,53-56H,13-18,23-24,29-44H2,1-6H3,(H10-2,77,78,79,80,81,82,83,84,91,92,97,98,99,100,101,102,103,104)/p+2/t47-,48-,53+,54+,55+,56+,89?,90?/m1/s1. The van der Waals surface area contributed by atoms with Crippen molar-refractivity contribution in [2.75, 3.05) is 89.2 Å². The lowest BCUT2D eigenvalue weighted by Crippen LogP contribution is -2.64. The number of ketones is 2. The first-order valence-corrected chi connectivity index (χ1v) is 36.9. The molecule has 4 heterocycles. The number of rotatable bonds is 30. The molecule has 580 valence electrons. The van der Waals surface area contributed by atoms with Crippen LogP contribution in [0.4, 0.5) is 30.6 Å². The highest BCUT2D eigenvalue weighted by atomic mass is 16.6. The summed E-state index contributed by atoms with van der Waals surface area (Å²) in [7, 11) is 0.